The summed E-state index contributed by atoms with van der Waals surface area (Å²) in [4.78, 5) is 11.7. The van der Waals surface area contributed by atoms with Gasteiger partial charge in [0.25, 0.3) is 0 Å². The highest BCUT2D eigenvalue weighted by atomic mass is 16.6. The Balaban J connectivity index is 1.75. The van der Waals surface area contributed by atoms with Crippen molar-refractivity contribution < 1.29 is 19.0 Å². The maximum Gasteiger partial charge on any atom is 0.407 e. The van der Waals surface area contributed by atoms with E-state index in [0.29, 0.717) is 12.5 Å². The van der Waals surface area contributed by atoms with Crippen molar-refractivity contribution in [3.05, 3.63) is 24.3 Å². The lowest BCUT2D eigenvalue weighted by Gasteiger charge is -2.21. The number of carbonyl (C=O) groups is 1. The van der Waals surface area contributed by atoms with Crippen LogP contribution in [-0.2, 0) is 4.74 Å². The van der Waals surface area contributed by atoms with Gasteiger partial charge in [-0.3, -0.25) is 0 Å². The number of hydrogen-bond acceptors (Lipinski definition) is 4. The second kappa shape index (κ2) is 8.97. The molecule has 25 heavy (non-hydrogen) atoms. The van der Waals surface area contributed by atoms with Gasteiger partial charge in [0.15, 0.2) is 0 Å². The van der Waals surface area contributed by atoms with E-state index in [4.69, 9.17) is 14.2 Å². The first-order valence-corrected chi connectivity index (χ1v) is 9.18. The van der Waals surface area contributed by atoms with E-state index in [-0.39, 0.29) is 6.10 Å². The Kier molecular flexibility index (Phi) is 6.97. The number of ether oxygens (including phenoxy) is 3. The Bertz CT molecular complexity index is 547. The summed E-state index contributed by atoms with van der Waals surface area (Å²) in [7, 11) is 0. The standard InChI is InChI=1S/C20H31NO4/c1-15(13-21-19(22)25-20(2,3)4)24-18-11-7-10-17(12-18)23-14-16-8-5-6-9-16/h7,10-12,15-16H,5-6,8-9,13-14H2,1-4H3,(H,21,22). The molecule has 1 unspecified atom stereocenters. The van der Waals surface area contributed by atoms with E-state index in [1.807, 2.05) is 52.0 Å². The SMILES string of the molecule is CC(CNC(=O)OC(C)(C)C)Oc1cccc(OCC2CCCC2)c1. The van der Waals surface area contributed by atoms with Crippen LogP contribution in [0.3, 0.4) is 0 Å². The van der Waals surface area contributed by atoms with Gasteiger partial charge in [-0.2, -0.15) is 0 Å². The molecule has 1 aliphatic carbocycles. The van der Waals surface area contributed by atoms with Gasteiger partial charge in [0.1, 0.15) is 23.2 Å². The maximum atomic E-state index is 11.7. The minimum absolute atomic E-state index is 0.169. The zero-order valence-corrected chi connectivity index (χ0v) is 15.8. The Labute approximate surface area is 151 Å². The predicted octanol–water partition coefficient (Wildman–Crippen LogP) is 4.55. The maximum absolute atomic E-state index is 11.7. The van der Waals surface area contributed by atoms with Gasteiger partial charge < -0.3 is 19.5 Å². The van der Waals surface area contributed by atoms with Gasteiger partial charge in [0, 0.05) is 6.07 Å². The summed E-state index contributed by atoms with van der Waals surface area (Å²) in [6.07, 6.45) is 4.57. The Hall–Kier alpha value is -1.91. The number of alkyl carbamates (subject to hydrolysis) is 1. The summed E-state index contributed by atoms with van der Waals surface area (Å²) < 4.78 is 17.0. The van der Waals surface area contributed by atoms with Gasteiger partial charge in [-0.05, 0) is 58.6 Å². The van der Waals surface area contributed by atoms with Crippen LogP contribution < -0.4 is 14.8 Å². The van der Waals surface area contributed by atoms with Crippen molar-refractivity contribution in [3.8, 4) is 11.5 Å². The molecule has 2 rings (SSSR count). The normalized spacial score (nSPS) is 16.3. The fourth-order valence-electron chi connectivity index (χ4n) is 2.84. The summed E-state index contributed by atoms with van der Waals surface area (Å²) >= 11 is 0. The number of amides is 1. The van der Waals surface area contributed by atoms with Crippen molar-refractivity contribution in [3.63, 3.8) is 0 Å². The Morgan fingerprint density at radius 3 is 2.60 bits per heavy atom. The summed E-state index contributed by atoms with van der Waals surface area (Å²) in [6.45, 7) is 8.57. The van der Waals surface area contributed by atoms with E-state index in [1.54, 1.807) is 0 Å². The van der Waals surface area contributed by atoms with Crippen LogP contribution >= 0.6 is 0 Å². The average Bonchev–Trinajstić information content (AvgIpc) is 3.03. The zero-order valence-electron chi connectivity index (χ0n) is 15.8. The fourth-order valence-corrected chi connectivity index (χ4v) is 2.84. The molecule has 1 fully saturated rings. The lowest BCUT2D eigenvalue weighted by molar-refractivity contribution is 0.0505. The first-order chi connectivity index (χ1) is 11.8. The third-order valence-corrected chi connectivity index (χ3v) is 4.04. The van der Waals surface area contributed by atoms with E-state index in [2.05, 4.69) is 5.32 Å². The summed E-state index contributed by atoms with van der Waals surface area (Å²) in [6, 6.07) is 7.67. The molecule has 5 nitrogen and oxygen atoms in total. The van der Waals surface area contributed by atoms with Crippen molar-refractivity contribution in [1.29, 1.82) is 0 Å². The largest absolute Gasteiger partial charge is 0.493 e. The van der Waals surface area contributed by atoms with Gasteiger partial charge in [-0.25, -0.2) is 4.79 Å². The number of carbonyl (C=O) groups excluding carboxylic acids is 1. The monoisotopic (exact) mass is 349 g/mol. The first-order valence-electron chi connectivity index (χ1n) is 9.18. The molecule has 1 aromatic carbocycles. The van der Waals surface area contributed by atoms with Gasteiger partial charge >= 0.3 is 6.09 Å². The van der Waals surface area contributed by atoms with Gasteiger partial charge in [0.2, 0.25) is 0 Å². The van der Waals surface area contributed by atoms with Crippen LogP contribution in [0.25, 0.3) is 0 Å². The number of benzene rings is 1. The molecule has 5 heteroatoms. The van der Waals surface area contributed by atoms with Gasteiger partial charge in [-0.1, -0.05) is 18.9 Å². The average molecular weight is 349 g/mol. The highest BCUT2D eigenvalue weighted by Crippen LogP contribution is 2.27. The second-order valence-corrected chi connectivity index (χ2v) is 7.75. The lowest BCUT2D eigenvalue weighted by atomic mass is 10.1. The molecule has 1 saturated carbocycles. The summed E-state index contributed by atoms with van der Waals surface area (Å²) in [5.41, 5.74) is -0.501. The molecule has 0 heterocycles. The molecular weight excluding hydrogens is 318 g/mol. The molecule has 0 radical (unpaired) electrons. The van der Waals surface area contributed by atoms with Crippen LogP contribution in [0.4, 0.5) is 4.79 Å². The lowest BCUT2D eigenvalue weighted by Crippen LogP contribution is -2.37. The third kappa shape index (κ3) is 7.67. The molecule has 1 amide bonds. The minimum Gasteiger partial charge on any atom is -0.493 e. The molecule has 0 aliphatic heterocycles. The molecule has 0 saturated heterocycles. The van der Waals surface area contributed by atoms with Gasteiger partial charge in [0.05, 0.1) is 13.2 Å². The van der Waals surface area contributed by atoms with Crippen molar-refractivity contribution >= 4 is 6.09 Å². The highest BCUT2D eigenvalue weighted by Gasteiger charge is 2.17. The van der Waals surface area contributed by atoms with E-state index < -0.39 is 11.7 Å². The van der Waals surface area contributed by atoms with Crippen LogP contribution in [0.1, 0.15) is 53.4 Å². The van der Waals surface area contributed by atoms with E-state index in [0.717, 1.165) is 18.1 Å². The van der Waals surface area contributed by atoms with E-state index in [1.165, 1.54) is 25.7 Å². The van der Waals surface area contributed by atoms with Crippen molar-refractivity contribution in [2.45, 2.75) is 65.1 Å². The van der Waals surface area contributed by atoms with Crippen LogP contribution in [0.15, 0.2) is 24.3 Å². The molecular formula is C20H31NO4. The summed E-state index contributed by atoms with van der Waals surface area (Å²) in [5, 5.41) is 2.72. The van der Waals surface area contributed by atoms with E-state index in [9.17, 15) is 4.79 Å². The molecule has 0 spiro atoms. The van der Waals surface area contributed by atoms with Crippen LogP contribution in [0.2, 0.25) is 0 Å². The minimum atomic E-state index is -0.501. The number of rotatable bonds is 7. The fraction of sp³-hybridized carbons (Fsp3) is 0.650. The van der Waals surface area contributed by atoms with Crippen LogP contribution in [0.5, 0.6) is 11.5 Å². The molecule has 0 aromatic heterocycles. The van der Waals surface area contributed by atoms with E-state index >= 15 is 0 Å². The molecule has 1 aliphatic rings. The topological polar surface area (TPSA) is 56.8 Å². The Morgan fingerprint density at radius 1 is 1.24 bits per heavy atom. The Morgan fingerprint density at radius 2 is 1.92 bits per heavy atom. The summed E-state index contributed by atoms with van der Waals surface area (Å²) in [5.74, 6) is 2.25. The van der Waals surface area contributed by atoms with Crippen molar-refractivity contribution in [2.75, 3.05) is 13.2 Å². The molecule has 1 aromatic rings. The third-order valence-electron chi connectivity index (χ3n) is 4.04. The highest BCUT2D eigenvalue weighted by molar-refractivity contribution is 5.67. The molecule has 1 atom stereocenters. The smallest absolute Gasteiger partial charge is 0.407 e. The molecule has 0 bridgehead atoms. The van der Waals surface area contributed by atoms with Crippen LogP contribution in [0, 0.1) is 5.92 Å². The zero-order chi connectivity index (χ0) is 18.3. The molecule has 1 N–H and O–H groups in total. The molecule has 140 valence electrons. The van der Waals surface area contributed by atoms with Crippen molar-refractivity contribution in [2.24, 2.45) is 5.92 Å². The second-order valence-electron chi connectivity index (χ2n) is 7.75. The number of hydrogen-bond donors (Lipinski definition) is 1. The van der Waals surface area contributed by atoms with Crippen LogP contribution in [-0.4, -0.2) is 30.9 Å². The number of nitrogens with one attached hydrogen (secondary N) is 1. The van der Waals surface area contributed by atoms with Gasteiger partial charge in [-0.15, -0.1) is 0 Å². The predicted molar refractivity (Wildman–Crippen MR) is 98.2 cm³/mol. The van der Waals surface area contributed by atoms with Crippen molar-refractivity contribution in [1.82, 2.24) is 5.32 Å². The first kappa shape index (κ1) is 19.4. The quantitative estimate of drug-likeness (QED) is 0.785.